The smallest absolute Gasteiger partial charge is 0.268 e. The van der Waals surface area contributed by atoms with Crippen LogP contribution in [0, 0.1) is 6.92 Å². The highest BCUT2D eigenvalue weighted by atomic mass is 16.5. The fraction of sp³-hybridized carbons (Fsp3) is 0.200. The number of amides is 2. The van der Waals surface area contributed by atoms with Crippen LogP contribution in [-0.4, -0.2) is 25.0 Å². The van der Waals surface area contributed by atoms with Gasteiger partial charge in [0.2, 0.25) is 0 Å². The highest BCUT2D eigenvalue weighted by Crippen LogP contribution is 2.13. The van der Waals surface area contributed by atoms with Crippen LogP contribution < -0.4 is 15.4 Å². The van der Waals surface area contributed by atoms with E-state index in [4.69, 9.17) is 9.15 Å². The topological polar surface area (TPSA) is 80.6 Å². The second-order valence-electron chi connectivity index (χ2n) is 6.94. The van der Waals surface area contributed by atoms with Crippen molar-refractivity contribution >= 4 is 17.9 Å². The van der Waals surface area contributed by atoms with E-state index in [0.29, 0.717) is 17.9 Å². The lowest BCUT2D eigenvalue weighted by atomic mass is 10.1. The molecule has 0 radical (unpaired) electrons. The normalized spacial score (nSPS) is 11.1. The molecule has 0 aliphatic carbocycles. The molecule has 160 valence electrons. The van der Waals surface area contributed by atoms with Crippen LogP contribution in [-0.2, 0) is 11.2 Å². The van der Waals surface area contributed by atoms with E-state index in [1.165, 1.54) is 17.9 Å². The first kappa shape index (κ1) is 21.9. The van der Waals surface area contributed by atoms with Gasteiger partial charge in [0.15, 0.2) is 0 Å². The first-order valence-corrected chi connectivity index (χ1v) is 10.2. The van der Waals surface area contributed by atoms with E-state index in [2.05, 4.69) is 17.6 Å². The van der Waals surface area contributed by atoms with E-state index in [9.17, 15) is 9.59 Å². The molecule has 3 rings (SSSR count). The predicted molar refractivity (Wildman–Crippen MR) is 120 cm³/mol. The maximum atomic E-state index is 12.7. The summed E-state index contributed by atoms with van der Waals surface area (Å²) in [6.45, 7) is 4.52. The van der Waals surface area contributed by atoms with Gasteiger partial charge in [0.1, 0.15) is 23.8 Å². The van der Waals surface area contributed by atoms with Gasteiger partial charge in [-0.05, 0) is 54.8 Å². The van der Waals surface area contributed by atoms with Gasteiger partial charge in [-0.15, -0.1) is 0 Å². The molecule has 0 atom stereocenters. The molecule has 1 heterocycles. The lowest BCUT2D eigenvalue weighted by Gasteiger charge is -2.12. The standard InChI is InChI=1S/C25H26N2O4/c1-3-19-10-12-20(13-11-19)31-16-14-26-25(29)23(17-21-8-6-15-30-21)27-24(28)22-9-5-4-7-18(22)2/h4-13,15,17H,3,14,16H2,1-2H3,(H,26,29)(H,27,28)/b23-17-. The van der Waals surface area contributed by atoms with Gasteiger partial charge in [0, 0.05) is 11.6 Å². The first-order chi connectivity index (χ1) is 15.1. The Kier molecular flexibility index (Phi) is 7.65. The first-order valence-electron chi connectivity index (χ1n) is 10.2. The number of furan rings is 1. The number of carbonyl (C=O) groups is 2. The minimum Gasteiger partial charge on any atom is -0.492 e. The molecule has 0 unspecified atom stereocenters. The van der Waals surface area contributed by atoms with Gasteiger partial charge in [0.25, 0.3) is 11.8 Å². The lowest BCUT2D eigenvalue weighted by Crippen LogP contribution is -2.36. The van der Waals surface area contributed by atoms with Gasteiger partial charge in [-0.3, -0.25) is 9.59 Å². The minimum absolute atomic E-state index is 0.0931. The van der Waals surface area contributed by atoms with Crippen LogP contribution in [0.2, 0.25) is 0 Å². The zero-order valence-corrected chi connectivity index (χ0v) is 17.7. The molecular formula is C25H26N2O4. The Bertz CT molecular complexity index is 1040. The second-order valence-corrected chi connectivity index (χ2v) is 6.94. The zero-order valence-electron chi connectivity index (χ0n) is 17.7. The largest absolute Gasteiger partial charge is 0.492 e. The van der Waals surface area contributed by atoms with Crippen molar-refractivity contribution in [3.8, 4) is 5.75 Å². The number of rotatable bonds is 9. The summed E-state index contributed by atoms with van der Waals surface area (Å²) in [6, 6.07) is 18.4. The Hall–Kier alpha value is -3.80. The molecule has 0 spiro atoms. The Morgan fingerprint density at radius 1 is 1.03 bits per heavy atom. The average molecular weight is 418 g/mol. The third kappa shape index (κ3) is 6.34. The number of benzene rings is 2. The third-order valence-electron chi connectivity index (χ3n) is 4.70. The van der Waals surface area contributed by atoms with E-state index in [1.54, 1.807) is 24.3 Å². The van der Waals surface area contributed by atoms with Crippen molar-refractivity contribution in [3.63, 3.8) is 0 Å². The molecule has 0 saturated heterocycles. The molecule has 0 bridgehead atoms. The van der Waals surface area contributed by atoms with Gasteiger partial charge in [-0.2, -0.15) is 0 Å². The SMILES string of the molecule is CCc1ccc(OCCNC(=O)/C(=C/c2ccco2)NC(=O)c2ccccc2C)cc1. The quantitative estimate of drug-likeness (QED) is 0.405. The molecule has 2 N–H and O–H groups in total. The fourth-order valence-electron chi connectivity index (χ4n) is 2.94. The molecule has 2 amide bonds. The van der Waals surface area contributed by atoms with Crippen LogP contribution in [0.3, 0.4) is 0 Å². The zero-order chi connectivity index (χ0) is 22.1. The Labute approximate surface area is 181 Å². The van der Waals surface area contributed by atoms with Gasteiger partial charge < -0.3 is 19.8 Å². The molecule has 0 aliphatic rings. The van der Waals surface area contributed by atoms with Gasteiger partial charge in [-0.25, -0.2) is 0 Å². The molecule has 0 saturated carbocycles. The maximum absolute atomic E-state index is 12.7. The highest BCUT2D eigenvalue weighted by Gasteiger charge is 2.16. The minimum atomic E-state index is -0.428. The average Bonchev–Trinajstić information content (AvgIpc) is 3.30. The summed E-state index contributed by atoms with van der Waals surface area (Å²) in [6.07, 6.45) is 3.97. The predicted octanol–water partition coefficient (Wildman–Crippen LogP) is 4.12. The number of nitrogens with one attached hydrogen (secondary N) is 2. The van der Waals surface area contributed by atoms with Crippen molar-refractivity contribution in [1.29, 1.82) is 0 Å². The summed E-state index contributed by atoms with van der Waals surface area (Å²) in [7, 11) is 0. The summed E-state index contributed by atoms with van der Waals surface area (Å²) < 4.78 is 11.0. The molecule has 6 heteroatoms. The third-order valence-corrected chi connectivity index (χ3v) is 4.70. The molecule has 6 nitrogen and oxygen atoms in total. The highest BCUT2D eigenvalue weighted by molar-refractivity contribution is 6.05. The molecule has 31 heavy (non-hydrogen) atoms. The molecule has 1 aromatic heterocycles. The summed E-state index contributed by atoms with van der Waals surface area (Å²) in [5.41, 5.74) is 2.65. The number of aryl methyl sites for hydroxylation is 2. The summed E-state index contributed by atoms with van der Waals surface area (Å²) in [5, 5.41) is 5.46. The van der Waals surface area contributed by atoms with Crippen molar-refractivity contribution in [2.24, 2.45) is 0 Å². The Morgan fingerprint density at radius 2 is 1.81 bits per heavy atom. The van der Waals surface area contributed by atoms with E-state index in [0.717, 1.165) is 17.7 Å². The molecule has 2 aromatic carbocycles. The van der Waals surface area contributed by atoms with Crippen molar-refractivity contribution in [2.75, 3.05) is 13.2 Å². The Balaban J connectivity index is 1.61. The maximum Gasteiger partial charge on any atom is 0.268 e. The van der Waals surface area contributed by atoms with Gasteiger partial charge in [-0.1, -0.05) is 37.3 Å². The fourth-order valence-corrected chi connectivity index (χ4v) is 2.94. The monoisotopic (exact) mass is 418 g/mol. The number of hydrogen-bond acceptors (Lipinski definition) is 4. The lowest BCUT2D eigenvalue weighted by molar-refractivity contribution is -0.117. The molecular weight excluding hydrogens is 392 g/mol. The van der Waals surface area contributed by atoms with Crippen LogP contribution >= 0.6 is 0 Å². The van der Waals surface area contributed by atoms with Crippen LogP contribution in [0.25, 0.3) is 6.08 Å². The van der Waals surface area contributed by atoms with Crippen molar-refractivity contribution in [2.45, 2.75) is 20.3 Å². The molecule has 0 fully saturated rings. The van der Waals surface area contributed by atoms with E-state index in [1.807, 2.05) is 43.3 Å². The van der Waals surface area contributed by atoms with Crippen LogP contribution in [0.5, 0.6) is 5.75 Å². The van der Waals surface area contributed by atoms with E-state index >= 15 is 0 Å². The summed E-state index contributed by atoms with van der Waals surface area (Å²) in [5.74, 6) is 0.412. The Morgan fingerprint density at radius 3 is 2.48 bits per heavy atom. The van der Waals surface area contributed by atoms with Crippen LogP contribution in [0.1, 0.15) is 34.2 Å². The van der Waals surface area contributed by atoms with E-state index in [-0.39, 0.29) is 18.1 Å². The van der Waals surface area contributed by atoms with Gasteiger partial charge in [0.05, 0.1) is 12.8 Å². The summed E-state index contributed by atoms with van der Waals surface area (Å²) >= 11 is 0. The number of carbonyl (C=O) groups excluding carboxylic acids is 2. The van der Waals surface area contributed by atoms with Crippen molar-refractivity contribution in [1.82, 2.24) is 10.6 Å². The van der Waals surface area contributed by atoms with Crippen LogP contribution in [0.4, 0.5) is 0 Å². The van der Waals surface area contributed by atoms with Gasteiger partial charge >= 0.3 is 0 Å². The molecule has 0 aliphatic heterocycles. The van der Waals surface area contributed by atoms with Crippen molar-refractivity contribution < 1.29 is 18.7 Å². The number of hydrogen-bond donors (Lipinski definition) is 2. The van der Waals surface area contributed by atoms with E-state index < -0.39 is 5.91 Å². The van der Waals surface area contributed by atoms with Crippen LogP contribution in [0.15, 0.2) is 77.0 Å². The van der Waals surface area contributed by atoms with Crippen molar-refractivity contribution in [3.05, 3.63) is 95.1 Å². The number of ether oxygens (including phenoxy) is 1. The molecule has 3 aromatic rings. The second kappa shape index (κ2) is 10.8. The summed E-state index contributed by atoms with van der Waals surface area (Å²) in [4.78, 5) is 25.4.